The van der Waals surface area contributed by atoms with E-state index in [9.17, 15) is 9.59 Å². The van der Waals surface area contributed by atoms with Crippen molar-refractivity contribution in [3.05, 3.63) is 41.3 Å². The number of hydrogen-bond acceptors (Lipinski definition) is 8. The lowest BCUT2D eigenvalue weighted by Gasteiger charge is -2.34. The van der Waals surface area contributed by atoms with Crippen LogP contribution < -0.4 is 15.8 Å². The zero-order valence-electron chi connectivity index (χ0n) is 23.2. The number of benzene rings is 1. The summed E-state index contributed by atoms with van der Waals surface area (Å²) in [6.45, 7) is 8.07. The fourth-order valence-electron chi connectivity index (χ4n) is 6.13. The lowest BCUT2D eigenvalue weighted by molar-refractivity contribution is -0.130. The molecular formula is C29H35N7O3S. The van der Waals surface area contributed by atoms with E-state index in [1.54, 1.807) is 25.4 Å². The highest BCUT2D eigenvalue weighted by Gasteiger charge is 2.30. The van der Waals surface area contributed by atoms with E-state index in [1.807, 2.05) is 9.42 Å². The Hall–Kier alpha value is -3.70. The van der Waals surface area contributed by atoms with Gasteiger partial charge in [-0.2, -0.15) is 5.10 Å². The number of ether oxygens (including phenoxy) is 1. The molecule has 3 aromatic heterocycles. The summed E-state index contributed by atoms with van der Waals surface area (Å²) in [6, 6.07) is 6.44. The molecule has 2 fully saturated rings. The summed E-state index contributed by atoms with van der Waals surface area (Å²) in [4.78, 5) is 34.1. The average Bonchev–Trinajstić information content (AvgIpc) is 3.63. The average molecular weight is 562 g/mol. The van der Waals surface area contributed by atoms with Crippen LogP contribution in [0.3, 0.4) is 0 Å². The molecule has 11 heteroatoms. The van der Waals surface area contributed by atoms with Gasteiger partial charge in [0.1, 0.15) is 17.6 Å². The maximum absolute atomic E-state index is 12.5. The Morgan fingerprint density at radius 3 is 2.73 bits per heavy atom. The van der Waals surface area contributed by atoms with Gasteiger partial charge in [0.25, 0.3) is 0 Å². The zero-order chi connectivity index (χ0) is 28.0. The van der Waals surface area contributed by atoms with Crippen LogP contribution in [0, 0.1) is 12.8 Å². The first-order valence-electron chi connectivity index (χ1n) is 13.8. The molecule has 0 spiro atoms. The van der Waals surface area contributed by atoms with E-state index in [1.165, 1.54) is 6.33 Å². The van der Waals surface area contributed by atoms with Gasteiger partial charge >= 0.3 is 0 Å². The minimum absolute atomic E-state index is 0.00333. The van der Waals surface area contributed by atoms with E-state index in [0.29, 0.717) is 25.5 Å². The first-order valence-corrected chi connectivity index (χ1v) is 14.6. The monoisotopic (exact) mass is 561 g/mol. The molecule has 210 valence electrons. The van der Waals surface area contributed by atoms with Gasteiger partial charge in [-0.05, 0) is 54.8 Å². The molecule has 3 N–H and O–H groups in total. The number of piperazine rings is 1. The number of methoxy groups -OCH3 is 1. The molecule has 0 saturated carbocycles. The van der Waals surface area contributed by atoms with Crippen molar-refractivity contribution in [2.75, 3.05) is 45.6 Å². The van der Waals surface area contributed by atoms with Gasteiger partial charge in [-0.25, -0.2) is 9.50 Å². The lowest BCUT2D eigenvalue weighted by Crippen LogP contribution is -2.47. The number of thiophene rings is 1. The molecule has 2 saturated heterocycles. The molecular weight excluding hydrogens is 526 g/mol. The number of anilines is 1. The van der Waals surface area contributed by atoms with E-state index in [0.717, 1.165) is 87.5 Å². The van der Waals surface area contributed by atoms with Crippen LogP contribution in [-0.2, 0) is 22.6 Å². The first-order chi connectivity index (χ1) is 19.3. The Balaban J connectivity index is 1.49. The Morgan fingerprint density at radius 2 is 2.02 bits per heavy atom. The van der Waals surface area contributed by atoms with Crippen molar-refractivity contribution in [1.82, 2.24) is 29.7 Å². The van der Waals surface area contributed by atoms with E-state index < -0.39 is 0 Å². The van der Waals surface area contributed by atoms with Crippen molar-refractivity contribution in [1.29, 1.82) is 0 Å². The van der Waals surface area contributed by atoms with Gasteiger partial charge in [0.05, 0.1) is 17.5 Å². The standard InChI is InChI=1S/C29H35N7O3S/c1-17-12-20-14-24(40-27(20)23(13-17)39-3)25-21(5-4-19-6-7-31-29(19)38)22(36-26(25)28(30)32-16-33-36)15-34-8-10-35(11-9-34)18(2)37/h12-14,16,19H,4-11,15H2,1-3H3,(H,31,38)(H2,30,32,33)/t19-/m1/s1. The molecule has 5 heterocycles. The molecule has 0 aliphatic carbocycles. The molecule has 2 amide bonds. The number of aryl methyl sites for hydroxylation is 1. The van der Waals surface area contributed by atoms with Gasteiger partial charge in [-0.15, -0.1) is 11.3 Å². The van der Waals surface area contributed by atoms with Gasteiger partial charge in [0.15, 0.2) is 5.82 Å². The summed E-state index contributed by atoms with van der Waals surface area (Å²) < 4.78 is 8.77. The van der Waals surface area contributed by atoms with Gasteiger partial charge in [-0.3, -0.25) is 14.5 Å². The number of carbonyl (C=O) groups excluding carboxylic acids is 2. The highest BCUT2D eigenvalue weighted by molar-refractivity contribution is 7.22. The van der Waals surface area contributed by atoms with Gasteiger partial charge in [-0.1, -0.05) is 6.07 Å². The van der Waals surface area contributed by atoms with Gasteiger partial charge in [0, 0.05) is 62.6 Å². The van der Waals surface area contributed by atoms with Crippen LogP contribution in [0.2, 0.25) is 0 Å². The Kier molecular flexibility index (Phi) is 7.09. The number of nitrogens with zero attached hydrogens (tertiary/aromatic N) is 5. The predicted molar refractivity (Wildman–Crippen MR) is 156 cm³/mol. The molecule has 2 aliphatic heterocycles. The van der Waals surface area contributed by atoms with Crippen LogP contribution in [0.1, 0.15) is 36.6 Å². The SMILES string of the molecule is COc1cc(C)cc2cc(-c3c(CC[C@@H]4CCNC4=O)c(CN4CCN(C(C)=O)CC4)n4ncnc(N)c34)sc12. The summed E-state index contributed by atoms with van der Waals surface area (Å²) in [5, 5.41) is 8.79. The van der Waals surface area contributed by atoms with Crippen LogP contribution in [0.15, 0.2) is 24.5 Å². The van der Waals surface area contributed by atoms with Crippen molar-refractivity contribution in [3.8, 4) is 16.2 Å². The smallest absolute Gasteiger partial charge is 0.223 e. The van der Waals surface area contributed by atoms with Gasteiger partial charge in [0.2, 0.25) is 11.8 Å². The predicted octanol–water partition coefficient (Wildman–Crippen LogP) is 3.24. The summed E-state index contributed by atoms with van der Waals surface area (Å²) >= 11 is 1.68. The largest absolute Gasteiger partial charge is 0.495 e. The lowest BCUT2D eigenvalue weighted by atomic mass is 9.95. The van der Waals surface area contributed by atoms with Crippen LogP contribution in [-0.4, -0.2) is 76.0 Å². The number of fused-ring (bicyclic) bond motifs is 2. The third-order valence-electron chi connectivity index (χ3n) is 8.25. The molecule has 40 heavy (non-hydrogen) atoms. The Bertz CT molecular complexity index is 1600. The summed E-state index contributed by atoms with van der Waals surface area (Å²) in [5.41, 5.74) is 11.8. The number of nitrogen functional groups attached to an aromatic ring is 1. The molecule has 0 radical (unpaired) electrons. The van der Waals surface area contributed by atoms with Crippen LogP contribution in [0.5, 0.6) is 5.75 Å². The summed E-state index contributed by atoms with van der Waals surface area (Å²) in [6.07, 6.45) is 3.84. The van der Waals surface area contributed by atoms with Crippen molar-refractivity contribution in [2.45, 2.75) is 39.7 Å². The van der Waals surface area contributed by atoms with Crippen LogP contribution in [0.4, 0.5) is 5.82 Å². The molecule has 4 aromatic rings. The van der Waals surface area contributed by atoms with E-state index in [-0.39, 0.29) is 17.7 Å². The second kappa shape index (κ2) is 10.7. The third kappa shape index (κ3) is 4.77. The Labute approximate surface area is 237 Å². The number of nitrogens with two attached hydrogens (primary N) is 1. The molecule has 6 rings (SSSR count). The third-order valence-corrected chi connectivity index (χ3v) is 9.43. The van der Waals surface area contributed by atoms with E-state index >= 15 is 0 Å². The number of rotatable bonds is 7. The molecule has 10 nitrogen and oxygen atoms in total. The highest BCUT2D eigenvalue weighted by atomic mass is 32.1. The van der Waals surface area contributed by atoms with Crippen LogP contribution in [0.25, 0.3) is 26.0 Å². The quantitative estimate of drug-likeness (QED) is 0.356. The van der Waals surface area contributed by atoms with Crippen molar-refractivity contribution >= 4 is 44.6 Å². The topological polar surface area (TPSA) is 118 Å². The fourth-order valence-corrected chi connectivity index (χ4v) is 7.33. The van der Waals surface area contributed by atoms with E-state index in [2.05, 4.69) is 45.4 Å². The van der Waals surface area contributed by atoms with Gasteiger partial charge < -0.3 is 20.7 Å². The molecule has 1 atom stereocenters. The highest BCUT2D eigenvalue weighted by Crippen LogP contribution is 2.45. The number of amides is 2. The maximum atomic E-state index is 12.5. The number of nitrogens with one attached hydrogen (secondary N) is 1. The normalized spacial score (nSPS) is 18.1. The molecule has 0 unspecified atom stereocenters. The molecule has 0 bridgehead atoms. The van der Waals surface area contributed by atoms with Crippen molar-refractivity contribution in [2.24, 2.45) is 5.92 Å². The van der Waals surface area contributed by atoms with Crippen molar-refractivity contribution in [3.63, 3.8) is 0 Å². The van der Waals surface area contributed by atoms with Crippen LogP contribution >= 0.6 is 11.3 Å². The number of carbonyl (C=O) groups is 2. The zero-order valence-corrected chi connectivity index (χ0v) is 24.0. The summed E-state index contributed by atoms with van der Waals surface area (Å²) in [5.74, 6) is 1.52. The minimum Gasteiger partial charge on any atom is -0.495 e. The second-order valence-corrected chi connectivity index (χ2v) is 11.9. The van der Waals surface area contributed by atoms with E-state index in [4.69, 9.17) is 10.5 Å². The molecule has 1 aromatic carbocycles. The first kappa shape index (κ1) is 26.5. The summed E-state index contributed by atoms with van der Waals surface area (Å²) in [7, 11) is 1.70. The maximum Gasteiger partial charge on any atom is 0.223 e. The Morgan fingerprint density at radius 1 is 1.23 bits per heavy atom. The fraction of sp³-hybridized carbons (Fsp3) is 0.448. The minimum atomic E-state index is -0.00333. The second-order valence-electron chi connectivity index (χ2n) is 10.8. The molecule has 2 aliphatic rings. The van der Waals surface area contributed by atoms with Crippen molar-refractivity contribution < 1.29 is 14.3 Å². The number of aromatic nitrogens is 3. The number of hydrogen-bond donors (Lipinski definition) is 2.